The molecule has 0 amide bonds. The smallest absolute Gasteiger partial charge is 0.0890 e. The highest BCUT2D eigenvalue weighted by Gasteiger charge is 2.03. The molecule has 2 heteroatoms. The fraction of sp³-hybridized carbons (Fsp3) is 0.385. The van der Waals surface area contributed by atoms with Crippen LogP contribution in [0.25, 0.3) is 0 Å². The van der Waals surface area contributed by atoms with E-state index in [1.807, 2.05) is 18.2 Å². The summed E-state index contributed by atoms with van der Waals surface area (Å²) < 4.78 is 0. The highest BCUT2D eigenvalue weighted by atomic mass is 15.3. The van der Waals surface area contributed by atoms with Crippen LogP contribution >= 0.6 is 0 Å². The molecule has 0 spiro atoms. The summed E-state index contributed by atoms with van der Waals surface area (Å²) in [4.78, 5) is 4.41. The molecule has 0 aromatic heterocycles. The van der Waals surface area contributed by atoms with Gasteiger partial charge in [0.15, 0.2) is 0 Å². The summed E-state index contributed by atoms with van der Waals surface area (Å²) in [6, 6.07) is 10.3. The lowest BCUT2D eigenvalue weighted by molar-refractivity contribution is 0.308. The molecule has 1 aromatic carbocycles. The average molecular weight is 204 g/mol. The van der Waals surface area contributed by atoms with Gasteiger partial charge < -0.3 is 9.80 Å². The van der Waals surface area contributed by atoms with Crippen molar-refractivity contribution >= 4 is 0 Å². The maximum absolute atomic E-state index is 2.25. The minimum Gasteiger partial charge on any atom is -0.362 e. The molecule has 15 heavy (non-hydrogen) atoms. The topological polar surface area (TPSA) is 6.48 Å². The molecule has 0 radical (unpaired) electrons. The molecule has 2 rings (SSSR count). The van der Waals surface area contributed by atoms with Gasteiger partial charge in [-0.05, 0) is 13.8 Å². The van der Waals surface area contributed by atoms with Crippen LogP contribution in [-0.4, -0.2) is 30.1 Å². The molecule has 0 atom stereocenters. The van der Waals surface area contributed by atoms with E-state index in [1.54, 1.807) is 0 Å². The lowest BCUT2D eigenvalue weighted by Crippen LogP contribution is -2.21. The SMILES string of the molecule is CCN1C=CN(C)C1.Cc1ccccc1. The van der Waals surface area contributed by atoms with E-state index in [4.69, 9.17) is 0 Å². The lowest BCUT2D eigenvalue weighted by Gasteiger charge is -2.14. The van der Waals surface area contributed by atoms with Crippen LogP contribution in [0.5, 0.6) is 0 Å². The van der Waals surface area contributed by atoms with Crippen molar-refractivity contribution < 1.29 is 0 Å². The molecule has 0 fully saturated rings. The molecule has 0 aliphatic carbocycles. The van der Waals surface area contributed by atoms with E-state index in [1.165, 1.54) is 5.56 Å². The van der Waals surface area contributed by atoms with Gasteiger partial charge in [-0.1, -0.05) is 35.9 Å². The Morgan fingerprint density at radius 2 is 1.80 bits per heavy atom. The molecule has 1 aromatic rings. The standard InChI is InChI=1S/C7H8.C6H12N2/c1-7-5-3-2-4-6-7;1-3-8-5-4-7(2)6-8/h2-6H,1H3;4-5H,3,6H2,1-2H3. The van der Waals surface area contributed by atoms with Gasteiger partial charge in [-0.3, -0.25) is 0 Å². The van der Waals surface area contributed by atoms with Crippen molar-refractivity contribution in [1.82, 2.24) is 9.80 Å². The number of hydrogen-bond donors (Lipinski definition) is 0. The van der Waals surface area contributed by atoms with Gasteiger partial charge in [0.2, 0.25) is 0 Å². The monoisotopic (exact) mass is 204 g/mol. The van der Waals surface area contributed by atoms with Crippen molar-refractivity contribution in [2.75, 3.05) is 20.3 Å². The fourth-order valence-corrected chi connectivity index (χ4v) is 1.33. The number of benzene rings is 1. The van der Waals surface area contributed by atoms with E-state index in [2.05, 4.69) is 55.2 Å². The average Bonchev–Trinajstić information content (AvgIpc) is 2.66. The van der Waals surface area contributed by atoms with E-state index in [-0.39, 0.29) is 0 Å². The summed E-state index contributed by atoms with van der Waals surface area (Å²) >= 11 is 0. The van der Waals surface area contributed by atoms with Gasteiger partial charge in [-0.2, -0.15) is 0 Å². The molecule has 1 heterocycles. The molecule has 0 saturated heterocycles. The largest absolute Gasteiger partial charge is 0.362 e. The van der Waals surface area contributed by atoms with Gasteiger partial charge >= 0.3 is 0 Å². The summed E-state index contributed by atoms with van der Waals surface area (Å²) in [5.41, 5.74) is 1.32. The van der Waals surface area contributed by atoms with Crippen molar-refractivity contribution in [1.29, 1.82) is 0 Å². The third-order valence-electron chi connectivity index (χ3n) is 2.28. The summed E-state index contributed by atoms with van der Waals surface area (Å²) in [5, 5.41) is 0. The van der Waals surface area contributed by atoms with Crippen LogP contribution in [-0.2, 0) is 0 Å². The van der Waals surface area contributed by atoms with Crippen molar-refractivity contribution in [3.05, 3.63) is 48.3 Å². The molecule has 82 valence electrons. The van der Waals surface area contributed by atoms with Crippen LogP contribution in [0, 0.1) is 6.92 Å². The highest BCUT2D eigenvalue weighted by molar-refractivity contribution is 5.11. The zero-order chi connectivity index (χ0) is 11.1. The lowest BCUT2D eigenvalue weighted by atomic mass is 10.2. The molecule has 2 nitrogen and oxygen atoms in total. The molecule has 0 N–H and O–H groups in total. The van der Waals surface area contributed by atoms with Crippen molar-refractivity contribution in [3.8, 4) is 0 Å². The Labute approximate surface area is 92.8 Å². The minimum atomic E-state index is 1.05. The second kappa shape index (κ2) is 6.12. The predicted octanol–water partition coefficient (Wildman–Crippen LogP) is 2.68. The third kappa shape index (κ3) is 4.54. The first kappa shape index (κ1) is 11.6. The Kier molecular flexibility index (Phi) is 4.75. The molecule has 0 unspecified atom stereocenters. The molecular formula is C13H20N2. The van der Waals surface area contributed by atoms with Gasteiger partial charge in [-0.25, -0.2) is 0 Å². The number of rotatable bonds is 1. The summed E-state index contributed by atoms with van der Waals surface area (Å²) in [6.07, 6.45) is 4.20. The minimum absolute atomic E-state index is 1.05. The normalized spacial score (nSPS) is 13.8. The Morgan fingerprint density at radius 1 is 1.13 bits per heavy atom. The first-order valence-corrected chi connectivity index (χ1v) is 5.36. The van der Waals surface area contributed by atoms with Crippen molar-refractivity contribution in [2.24, 2.45) is 0 Å². The second-order valence-corrected chi connectivity index (χ2v) is 3.76. The van der Waals surface area contributed by atoms with Crippen LogP contribution in [0.2, 0.25) is 0 Å². The number of aryl methyl sites for hydroxylation is 1. The van der Waals surface area contributed by atoms with Crippen LogP contribution in [0.3, 0.4) is 0 Å². The fourth-order valence-electron chi connectivity index (χ4n) is 1.33. The van der Waals surface area contributed by atoms with Crippen LogP contribution in [0.1, 0.15) is 12.5 Å². The Balaban J connectivity index is 0.000000151. The molecule has 1 aliphatic heterocycles. The van der Waals surface area contributed by atoms with Crippen LogP contribution in [0.4, 0.5) is 0 Å². The highest BCUT2D eigenvalue weighted by Crippen LogP contribution is 2.00. The first-order chi connectivity index (χ1) is 7.22. The van der Waals surface area contributed by atoms with Gasteiger partial charge in [0, 0.05) is 26.0 Å². The van der Waals surface area contributed by atoms with E-state index in [0.29, 0.717) is 0 Å². The number of hydrogen-bond acceptors (Lipinski definition) is 2. The summed E-state index contributed by atoms with van der Waals surface area (Å²) in [6.45, 7) is 6.40. The summed E-state index contributed by atoms with van der Waals surface area (Å²) in [7, 11) is 2.08. The first-order valence-electron chi connectivity index (χ1n) is 5.36. The maximum atomic E-state index is 2.25. The predicted molar refractivity (Wildman–Crippen MR) is 65.3 cm³/mol. The van der Waals surface area contributed by atoms with E-state index < -0.39 is 0 Å². The van der Waals surface area contributed by atoms with E-state index in [9.17, 15) is 0 Å². The maximum Gasteiger partial charge on any atom is 0.0890 e. The zero-order valence-corrected chi connectivity index (χ0v) is 9.85. The molecule has 1 aliphatic rings. The Hall–Kier alpha value is -1.44. The quantitative estimate of drug-likeness (QED) is 0.694. The molecule has 0 saturated carbocycles. The second-order valence-electron chi connectivity index (χ2n) is 3.76. The molecule has 0 bridgehead atoms. The van der Waals surface area contributed by atoms with E-state index >= 15 is 0 Å². The van der Waals surface area contributed by atoms with Crippen LogP contribution < -0.4 is 0 Å². The third-order valence-corrected chi connectivity index (χ3v) is 2.28. The van der Waals surface area contributed by atoms with Crippen molar-refractivity contribution in [2.45, 2.75) is 13.8 Å². The summed E-state index contributed by atoms with van der Waals surface area (Å²) in [5.74, 6) is 0. The van der Waals surface area contributed by atoms with Gasteiger partial charge in [0.1, 0.15) is 0 Å². The van der Waals surface area contributed by atoms with E-state index in [0.717, 1.165) is 13.2 Å². The Bertz CT molecular complexity index is 293. The molecular weight excluding hydrogens is 184 g/mol. The Morgan fingerprint density at radius 3 is 2.07 bits per heavy atom. The van der Waals surface area contributed by atoms with Crippen molar-refractivity contribution in [3.63, 3.8) is 0 Å². The van der Waals surface area contributed by atoms with Crippen LogP contribution in [0.15, 0.2) is 42.7 Å². The van der Waals surface area contributed by atoms with Gasteiger partial charge in [-0.15, -0.1) is 0 Å². The number of nitrogens with zero attached hydrogens (tertiary/aromatic N) is 2. The zero-order valence-electron chi connectivity index (χ0n) is 9.85. The van der Waals surface area contributed by atoms with Gasteiger partial charge in [0.25, 0.3) is 0 Å². The van der Waals surface area contributed by atoms with Gasteiger partial charge in [0.05, 0.1) is 6.67 Å².